The predicted octanol–water partition coefficient (Wildman–Crippen LogP) is 3.45. The van der Waals surface area contributed by atoms with Crippen molar-refractivity contribution in [3.05, 3.63) is 70.0 Å². The molecule has 0 aliphatic heterocycles. The molecule has 0 atom stereocenters. The fourth-order valence-electron chi connectivity index (χ4n) is 2.62. The lowest BCUT2D eigenvalue weighted by Gasteiger charge is -2.14. The zero-order valence-electron chi connectivity index (χ0n) is 15.5. The molecule has 0 spiro atoms. The van der Waals surface area contributed by atoms with E-state index in [4.69, 9.17) is 11.6 Å². The molecule has 2 aromatic carbocycles. The van der Waals surface area contributed by atoms with E-state index in [2.05, 4.69) is 21.7 Å². The van der Waals surface area contributed by atoms with Crippen molar-refractivity contribution in [2.75, 3.05) is 27.7 Å². The van der Waals surface area contributed by atoms with Gasteiger partial charge in [0.05, 0.1) is 0 Å². The number of hydrogen-bond donors (Lipinski definition) is 2. The molecule has 0 amide bonds. The molecule has 4 nitrogen and oxygen atoms in total. The number of hydrogen-bond acceptors (Lipinski definition) is 2. The maximum absolute atomic E-state index is 13.9. The van der Waals surface area contributed by atoms with Crippen LogP contribution in [-0.2, 0) is 19.5 Å². The average molecular weight is 377 g/mol. The second kappa shape index (κ2) is 10.1. The monoisotopic (exact) mass is 376 g/mol. The molecule has 0 fully saturated rings. The van der Waals surface area contributed by atoms with E-state index in [9.17, 15) is 4.39 Å². The summed E-state index contributed by atoms with van der Waals surface area (Å²) in [5.41, 5.74) is 2.88. The Hall–Kier alpha value is -2.11. The summed E-state index contributed by atoms with van der Waals surface area (Å²) in [7, 11) is 5.59. The summed E-state index contributed by atoms with van der Waals surface area (Å²) in [6, 6.07) is 13.0. The van der Waals surface area contributed by atoms with Crippen molar-refractivity contribution in [3.8, 4) is 0 Å². The second-order valence-electron chi connectivity index (χ2n) is 6.40. The lowest BCUT2D eigenvalue weighted by molar-refractivity contribution is 0.392. The van der Waals surface area contributed by atoms with E-state index >= 15 is 0 Å². The first-order valence-electron chi connectivity index (χ1n) is 8.59. The first-order chi connectivity index (χ1) is 12.5. The van der Waals surface area contributed by atoms with Gasteiger partial charge < -0.3 is 15.5 Å². The number of aliphatic imine (C=N–C) groups is 1. The smallest absolute Gasteiger partial charge is 0.191 e. The molecule has 2 rings (SSSR count). The molecule has 0 saturated heterocycles. The second-order valence-corrected chi connectivity index (χ2v) is 6.83. The molecule has 0 aliphatic rings. The Balaban J connectivity index is 1.85. The van der Waals surface area contributed by atoms with E-state index in [-0.39, 0.29) is 5.82 Å². The SMILES string of the molecule is CN=C(NCCc1cccc(Cl)c1)NCc1ccc(F)c(CN(C)C)c1. The molecule has 2 aromatic rings. The maximum Gasteiger partial charge on any atom is 0.191 e. The minimum atomic E-state index is -0.175. The van der Waals surface area contributed by atoms with Crippen LogP contribution in [0.4, 0.5) is 4.39 Å². The Morgan fingerprint density at radius 2 is 1.92 bits per heavy atom. The topological polar surface area (TPSA) is 39.7 Å². The predicted molar refractivity (Wildman–Crippen MR) is 107 cm³/mol. The molecule has 0 aliphatic carbocycles. The van der Waals surface area contributed by atoms with Crippen molar-refractivity contribution in [1.29, 1.82) is 0 Å². The third-order valence-electron chi connectivity index (χ3n) is 3.88. The molecular formula is C20H26ClFN4. The molecule has 0 radical (unpaired) electrons. The highest BCUT2D eigenvalue weighted by Gasteiger charge is 2.06. The van der Waals surface area contributed by atoms with E-state index in [0.29, 0.717) is 24.6 Å². The van der Waals surface area contributed by atoms with Crippen LogP contribution >= 0.6 is 11.6 Å². The normalized spacial score (nSPS) is 11.7. The fraction of sp³-hybridized carbons (Fsp3) is 0.350. The zero-order chi connectivity index (χ0) is 18.9. The van der Waals surface area contributed by atoms with Crippen LogP contribution in [0, 0.1) is 5.82 Å². The van der Waals surface area contributed by atoms with Crippen molar-refractivity contribution in [1.82, 2.24) is 15.5 Å². The van der Waals surface area contributed by atoms with Crippen LogP contribution in [0.25, 0.3) is 0 Å². The molecule has 140 valence electrons. The third kappa shape index (κ3) is 6.65. The molecule has 0 saturated carbocycles. The minimum Gasteiger partial charge on any atom is -0.356 e. The van der Waals surface area contributed by atoms with Gasteiger partial charge in [0.1, 0.15) is 5.82 Å². The Bertz CT molecular complexity index is 746. The van der Waals surface area contributed by atoms with Crippen LogP contribution in [0.1, 0.15) is 16.7 Å². The third-order valence-corrected chi connectivity index (χ3v) is 4.11. The van der Waals surface area contributed by atoms with Gasteiger partial charge in [-0.1, -0.05) is 29.8 Å². The summed E-state index contributed by atoms with van der Waals surface area (Å²) in [5.74, 6) is 0.539. The lowest BCUT2D eigenvalue weighted by atomic mass is 10.1. The van der Waals surface area contributed by atoms with Crippen molar-refractivity contribution < 1.29 is 4.39 Å². The molecule has 0 unspecified atom stereocenters. The van der Waals surface area contributed by atoms with Crippen LogP contribution in [0.5, 0.6) is 0 Å². The van der Waals surface area contributed by atoms with Crippen molar-refractivity contribution in [3.63, 3.8) is 0 Å². The molecular weight excluding hydrogens is 351 g/mol. The van der Waals surface area contributed by atoms with Gasteiger partial charge in [0.15, 0.2) is 5.96 Å². The summed E-state index contributed by atoms with van der Waals surface area (Å²) >= 11 is 6.00. The summed E-state index contributed by atoms with van der Waals surface area (Å²) in [4.78, 5) is 6.18. The fourth-order valence-corrected chi connectivity index (χ4v) is 2.84. The first-order valence-corrected chi connectivity index (χ1v) is 8.96. The van der Waals surface area contributed by atoms with Crippen LogP contribution < -0.4 is 10.6 Å². The van der Waals surface area contributed by atoms with Crippen molar-refractivity contribution in [2.45, 2.75) is 19.5 Å². The summed E-state index contributed by atoms with van der Waals surface area (Å²) in [6.45, 7) is 1.90. The Kier molecular flexibility index (Phi) is 7.88. The Morgan fingerprint density at radius 3 is 2.62 bits per heavy atom. The quantitative estimate of drug-likeness (QED) is 0.574. The van der Waals surface area contributed by atoms with Crippen LogP contribution in [0.2, 0.25) is 5.02 Å². The average Bonchev–Trinajstić information content (AvgIpc) is 2.60. The molecule has 26 heavy (non-hydrogen) atoms. The maximum atomic E-state index is 13.9. The van der Waals surface area contributed by atoms with Crippen LogP contribution in [0.15, 0.2) is 47.5 Å². The highest BCUT2D eigenvalue weighted by molar-refractivity contribution is 6.30. The van der Waals surface area contributed by atoms with Gasteiger partial charge in [-0.15, -0.1) is 0 Å². The van der Waals surface area contributed by atoms with Gasteiger partial charge in [-0.25, -0.2) is 4.39 Å². The Morgan fingerprint density at radius 1 is 1.12 bits per heavy atom. The van der Waals surface area contributed by atoms with Gasteiger partial charge in [-0.3, -0.25) is 4.99 Å². The summed E-state index contributed by atoms with van der Waals surface area (Å²) in [6.07, 6.45) is 0.852. The highest BCUT2D eigenvalue weighted by Crippen LogP contribution is 2.12. The highest BCUT2D eigenvalue weighted by atomic mass is 35.5. The molecule has 0 aromatic heterocycles. The van der Waals surface area contributed by atoms with Gasteiger partial charge in [0.25, 0.3) is 0 Å². The minimum absolute atomic E-state index is 0.175. The lowest BCUT2D eigenvalue weighted by Crippen LogP contribution is -2.37. The number of halogens is 2. The van der Waals surface area contributed by atoms with E-state index < -0.39 is 0 Å². The van der Waals surface area contributed by atoms with Gasteiger partial charge in [-0.2, -0.15) is 0 Å². The van der Waals surface area contributed by atoms with Gasteiger partial charge in [-0.05, 0) is 55.9 Å². The van der Waals surface area contributed by atoms with Gasteiger partial charge in [0, 0.05) is 37.3 Å². The number of rotatable bonds is 7. The van der Waals surface area contributed by atoms with Crippen LogP contribution in [0.3, 0.4) is 0 Å². The van der Waals surface area contributed by atoms with E-state index in [1.165, 1.54) is 11.6 Å². The summed E-state index contributed by atoms with van der Waals surface area (Å²) in [5, 5.41) is 7.28. The van der Waals surface area contributed by atoms with Crippen LogP contribution in [-0.4, -0.2) is 38.5 Å². The number of benzene rings is 2. The first kappa shape index (κ1) is 20.2. The number of nitrogens with one attached hydrogen (secondary N) is 2. The number of nitrogens with zero attached hydrogens (tertiary/aromatic N) is 2. The van der Waals surface area contributed by atoms with E-state index in [0.717, 1.165) is 23.6 Å². The van der Waals surface area contributed by atoms with E-state index in [1.807, 2.05) is 43.3 Å². The van der Waals surface area contributed by atoms with Crippen molar-refractivity contribution in [2.24, 2.45) is 4.99 Å². The largest absolute Gasteiger partial charge is 0.356 e. The van der Waals surface area contributed by atoms with Gasteiger partial charge in [0.2, 0.25) is 0 Å². The summed E-state index contributed by atoms with van der Waals surface area (Å²) < 4.78 is 13.9. The number of guanidine groups is 1. The van der Waals surface area contributed by atoms with E-state index in [1.54, 1.807) is 13.1 Å². The molecule has 2 N–H and O–H groups in total. The molecule has 0 heterocycles. The standard InChI is InChI=1S/C20H26ClFN4/c1-23-20(24-10-9-15-5-4-6-18(21)12-15)25-13-16-7-8-19(22)17(11-16)14-26(2)3/h4-8,11-12H,9-10,13-14H2,1-3H3,(H2,23,24,25). The van der Waals surface area contributed by atoms with Crippen molar-refractivity contribution >= 4 is 17.6 Å². The zero-order valence-corrected chi connectivity index (χ0v) is 16.3. The molecule has 0 bridgehead atoms. The van der Waals surface area contributed by atoms with Gasteiger partial charge >= 0.3 is 0 Å². The molecule has 6 heteroatoms. The Labute approximate surface area is 160 Å².